The van der Waals surface area contributed by atoms with Crippen molar-refractivity contribution in [2.24, 2.45) is 5.92 Å². The number of nitrogens with zero attached hydrogens (tertiary/aromatic N) is 3. The standard InChI is InChI=1S/C25H38N4O4S/c1-27(2)25(21-7-5-4-6-8-21)13-11-24(12-14-25)19-28(23(31)29(24)17-20-9-10-20)18-22(30)26-15-16-34(3,32)33/h4-8,20H,9-19H2,1-3H3,(H,26,30). The minimum Gasteiger partial charge on any atom is -0.354 e. The summed E-state index contributed by atoms with van der Waals surface area (Å²) in [4.78, 5) is 32.0. The number of benzene rings is 1. The van der Waals surface area contributed by atoms with Gasteiger partial charge >= 0.3 is 6.03 Å². The summed E-state index contributed by atoms with van der Waals surface area (Å²) in [6, 6.07) is 10.6. The molecule has 3 aliphatic rings. The van der Waals surface area contributed by atoms with Crippen LogP contribution in [0.5, 0.6) is 0 Å². The Morgan fingerprint density at radius 1 is 1.12 bits per heavy atom. The highest BCUT2D eigenvalue weighted by molar-refractivity contribution is 7.90. The number of amides is 3. The second kappa shape index (κ2) is 9.49. The summed E-state index contributed by atoms with van der Waals surface area (Å²) in [7, 11) is 1.13. The van der Waals surface area contributed by atoms with Gasteiger partial charge in [-0.1, -0.05) is 30.3 Å². The normalized spacial score (nSPS) is 27.6. The number of urea groups is 1. The molecule has 1 N–H and O–H groups in total. The number of carbonyl (C=O) groups excluding carboxylic acids is 2. The van der Waals surface area contributed by atoms with Gasteiger partial charge in [-0.25, -0.2) is 13.2 Å². The maximum absolute atomic E-state index is 13.4. The summed E-state index contributed by atoms with van der Waals surface area (Å²) in [5.41, 5.74) is 1.01. The second-order valence-electron chi connectivity index (χ2n) is 10.7. The third-order valence-electron chi connectivity index (χ3n) is 8.00. The van der Waals surface area contributed by atoms with Gasteiger partial charge in [0.05, 0.1) is 11.3 Å². The summed E-state index contributed by atoms with van der Waals surface area (Å²) in [5.74, 6) is 0.165. The molecule has 3 amide bonds. The lowest BCUT2D eigenvalue weighted by Crippen LogP contribution is -2.55. The van der Waals surface area contributed by atoms with Crippen molar-refractivity contribution in [2.75, 3.05) is 52.3 Å². The minimum absolute atomic E-state index is 0.0248. The van der Waals surface area contributed by atoms with Crippen LogP contribution in [0.2, 0.25) is 0 Å². The first-order valence-corrected chi connectivity index (χ1v) is 14.3. The number of hydrogen-bond donors (Lipinski definition) is 1. The molecule has 0 atom stereocenters. The summed E-state index contributed by atoms with van der Waals surface area (Å²) in [6.07, 6.45) is 7.17. The molecule has 2 saturated carbocycles. The van der Waals surface area contributed by atoms with E-state index < -0.39 is 9.84 Å². The lowest BCUT2D eigenvalue weighted by molar-refractivity contribution is -0.121. The molecule has 1 aliphatic heterocycles. The van der Waals surface area contributed by atoms with Crippen molar-refractivity contribution in [1.82, 2.24) is 20.0 Å². The summed E-state index contributed by atoms with van der Waals surface area (Å²) < 4.78 is 22.7. The molecule has 3 fully saturated rings. The predicted octanol–water partition coefficient (Wildman–Crippen LogP) is 2.06. The van der Waals surface area contributed by atoms with Gasteiger partial charge in [0.2, 0.25) is 5.91 Å². The zero-order valence-corrected chi connectivity index (χ0v) is 21.4. The van der Waals surface area contributed by atoms with Crippen LogP contribution in [-0.2, 0) is 20.2 Å². The Labute approximate surface area is 203 Å². The van der Waals surface area contributed by atoms with Crippen molar-refractivity contribution in [1.29, 1.82) is 0 Å². The van der Waals surface area contributed by atoms with Gasteiger partial charge in [0, 0.05) is 31.4 Å². The van der Waals surface area contributed by atoms with Gasteiger partial charge in [-0.2, -0.15) is 0 Å². The van der Waals surface area contributed by atoms with Crippen LogP contribution in [0.1, 0.15) is 44.1 Å². The molecular weight excluding hydrogens is 452 g/mol. The number of hydrogen-bond acceptors (Lipinski definition) is 5. The molecule has 1 aromatic rings. The molecule has 0 radical (unpaired) electrons. The number of nitrogens with one attached hydrogen (secondary N) is 1. The zero-order chi connectivity index (χ0) is 24.6. The first kappa shape index (κ1) is 25.0. The maximum atomic E-state index is 13.4. The van der Waals surface area contributed by atoms with E-state index in [4.69, 9.17) is 0 Å². The summed E-state index contributed by atoms with van der Waals surface area (Å²) in [6.45, 7) is 1.36. The quantitative estimate of drug-likeness (QED) is 0.572. The summed E-state index contributed by atoms with van der Waals surface area (Å²) in [5, 5.41) is 2.66. The average molecular weight is 491 g/mol. The SMILES string of the molecule is CN(C)C1(c2ccccc2)CCC2(CC1)CN(CC(=O)NCCS(C)(=O)=O)C(=O)N2CC1CC1. The van der Waals surface area contributed by atoms with Crippen LogP contribution >= 0.6 is 0 Å². The molecule has 2 aliphatic carbocycles. The Morgan fingerprint density at radius 3 is 2.32 bits per heavy atom. The third kappa shape index (κ3) is 5.25. The van der Waals surface area contributed by atoms with E-state index in [1.165, 1.54) is 5.56 Å². The van der Waals surface area contributed by atoms with Gasteiger partial charge < -0.3 is 15.1 Å². The van der Waals surface area contributed by atoms with Gasteiger partial charge in [-0.3, -0.25) is 9.69 Å². The van der Waals surface area contributed by atoms with Crippen LogP contribution in [0, 0.1) is 5.92 Å². The van der Waals surface area contributed by atoms with E-state index in [0.29, 0.717) is 12.5 Å². The van der Waals surface area contributed by atoms with Gasteiger partial charge in [-0.05, 0) is 64.1 Å². The topological polar surface area (TPSA) is 90.0 Å². The molecule has 188 valence electrons. The largest absolute Gasteiger partial charge is 0.354 e. The van der Waals surface area contributed by atoms with Crippen LogP contribution < -0.4 is 5.32 Å². The van der Waals surface area contributed by atoms with Crippen molar-refractivity contribution in [3.63, 3.8) is 0 Å². The second-order valence-corrected chi connectivity index (χ2v) is 12.9. The fourth-order valence-electron chi connectivity index (χ4n) is 5.74. The molecule has 0 bridgehead atoms. The number of sulfone groups is 1. The monoisotopic (exact) mass is 490 g/mol. The van der Waals surface area contributed by atoms with Crippen LogP contribution in [0.3, 0.4) is 0 Å². The van der Waals surface area contributed by atoms with Crippen LogP contribution in [0.4, 0.5) is 4.79 Å². The average Bonchev–Trinajstić information content (AvgIpc) is 3.57. The van der Waals surface area contributed by atoms with E-state index in [2.05, 4.69) is 53.5 Å². The van der Waals surface area contributed by atoms with Gasteiger partial charge in [0.1, 0.15) is 16.4 Å². The highest BCUT2D eigenvalue weighted by Gasteiger charge is 2.55. The van der Waals surface area contributed by atoms with E-state index in [1.54, 1.807) is 4.90 Å². The van der Waals surface area contributed by atoms with Crippen LogP contribution in [0.25, 0.3) is 0 Å². The number of rotatable bonds is 9. The van der Waals surface area contributed by atoms with Crippen LogP contribution in [-0.4, -0.2) is 92.9 Å². The molecule has 34 heavy (non-hydrogen) atoms. The highest BCUT2D eigenvalue weighted by atomic mass is 32.2. The Bertz CT molecular complexity index is 999. The van der Waals surface area contributed by atoms with E-state index in [1.807, 2.05) is 6.07 Å². The molecule has 0 aromatic heterocycles. The van der Waals surface area contributed by atoms with E-state index in [0.717, 1.165) is 51.3 Å². The van der Waals surface area contributed by atoms with Crippen LogP contribution in [0.15, 0.2) is 30.3 Å². The third-order valence-corrected chi connectivity index (χ3v) is 8.95. The Kier molecular flexibility index (Phi) is 6.97. The first-order chi connectivity index (χ1) is 16.0. The molecular formula is C25H38N4O4S. The smallest absolute Gasteiger partial charge is 0.321 e. The lowest BCUT2D eigenvalue weighted by atomic mass is 9.68. The molecule has 1 saturated heterocycles. The van der Waals surface area contributed by atoms with E-state index in [-0.39, 0.29) is 41.9 Å². The Balaban J connectivity index is 1.48. The van der Waals surface area contributed by atoms with Gasteiger partial charge in [0.25, 0.3) is 0 Å². The van der Waals surface area contributed by atoms with Gasteiger partial charge in [-0.15, -0.1) is 0 Å². The number of carbonyl (C=O) groups is 2. The van der Waals surface area contributed by atoms with Crippen molar-refractivity contribution < 1.29 is 18.0 Å². The van der Waals surface area contributed by atoms with Crippen molar-refractivity contribution in [3.05, 3.63) is 35.9 Å². The molecule has 1 heterocycles. The summed E-state index contributed by atoms with van der Waals surface area (Å²) >= 11 is 0. The molecule has 1 aromatic carbocycles. The molecule has 1 spiro atoms. The molecule has 9 heteroatoms. The highest BCUT2D eigenvalue weighted by Crippen LogP contribution is 2.49. The van der Waals surface area contributed by atoms with Crippen molar-refractivity contribution in [2.45, 2.75) is 49.6 Å². The fraction of sp³-hybridized carbons (Fsp3) is 0.680. The molecule has 8 nitrogen and oxygen atoms in total. The minimum atomic E-state index is -3.14. The molecule has 0 unspecified atom stereocenters. The zero-order valence-electron chi connectivity index (χ0n) is 20.6. The molecule has 4 rings (SSSR count). The van der Waals surface area contributed by atoms with Crippen molar-refractivity contribution in [3.8, 4) is 0 Å². The Morgan fingerprint density at radius 2 is 1.76 bits per heavy atom. The van der Waals surface area contributed by atoms with Gasteiger partial charge in [0.15, 0.2) is 0 Å². The van der Waals surface area contributed by atoms with Crippen molar-refractivity contribution >= 4 is 21.8 Å². The Hall–Kier alpha value is -2.13. The van der Waals surface area contributed by atoms with E-state index in [9.17, 15) is 18.0 Å². The predicted molar refractivity (Wildman–Crippen MR) is 132 cm³/mol. The maximum Gasteiger partial charge on any atom is 0.321 e. The fourth-order valence-corrected chi connectivity index (χ4v) is 6.21. The first-order valence-electron chi connectivity index (χ1n) is 12.3. The van der Waals surface area contributed by atoms with E-state index >= 15 is 0 Å². The lowest BCUT2D eigenvalue weighted by Gasteiger charge is -2.51.